The van der Waals surface area contributed by atoms with E-state index in [1.807, 2.05) is 13.8 Å². The lowest BCUT2D eigenvalue weighted by Gasteiger charge is -2.08. The summed E-state index contributed by atoms with van der Waals surface area (Å²) in [6.45, 7) is 5.05. The number of methoxy groups -OCH3 is 1. The number of nitrogens with zero attached hydrogens (tertiary/aromatic N) is 5. The van der Waals surface area contributed by atoms with Crippen molar-refractivity contribution >= 4 is 11.9 Å². The Morgan fingerprint density at radius 1 is 1.05 bits per heavy atom. The predicted octanol–water partition coefficient (Wildman–Crippen LogP) is 1.02. The molecule has 0 bridgehead atoms. The molecular weight excluding hydrogens is 258 g/mol. The Morgan fingerprint density at radius 2 is 1.80 bits per heavy atom. The van der Waals surface area contributed by atoms with Crippen LogP contribution in [0.3, 0.4) is 0 Å². The van der Waals surface area contributed by atoms with Crippen LogP contribution in [0.4, 0.5) is 11.9 Å². The fourth-order valence-corrected chi connectivity index (χ4v) is 1.44. The molecule has 20 heavy (non-hydrogen) atoms. The minimum atomic E-state index is 0.258. The summed E-state index contributed by atoms with van der Waals surface area (Å²) >= 11 is 0. The first-order valence-corrected chi connectivity index (χ1v) is 6.26. The van der Waals surface area contributed by atoms with E-state index in [0.29, 0.717) is 18.4 Å². The summed E-state index contributed by atoms with van der Waals surface area (Å²) in [5.41, 5.74) is 1.69. The van der Waals surface area contributed by atoms with Crippen LogP contribution in [0.15, 0.2) is 12.4 Å². The van der Waals surface area contributed by atoms with Gasteiger partial charge in [-0.05, 0) is 13.8 Å². The van der Waals surface area contributed by atoms with Crippen molar-refractivity contribution in [2.75, 3.05) is 24.3 Å². The lowest BCUT2D eigenvalue weighted by Crippen LogP contribution is -2.10. The number of nitrogens with one attached hydrogen (secondary N) is 2. The fraction of sp³-hybridized carbons (Fsp3) is 0.417. The van der Waals surface area contributed by atoms with Gasteiger partial charge in [-0.2, -0.15) is 15.0 Å². The molecule has 2 heterocycles. The SMILES string of the molecule is CCNc1nc(NCc2cnc(C)cn2)nc(OC)n1. The zero-order valence-corrected chi connectivity index (χ0v) is 11.7. The Morgan fingerprint density at radius 3 is 2.40 bits per heavy atom. The summed E-state index contributed by atoms with van der Waals surface area (Å²) in [5.74, 6) is 0.895. The van der Waals surface area contributed by atoms with Crippen molar-refractivity contribution in [3.05, 3.63) is 23.8 Å². The van der Waals surface area contributed by atoms with Crippen molar-refractivity contribution in [1.82, 2.24) is 24.9 Å². The second-order valence-electron chi connectivity index (χ2n) is 4.00. The molecule has 0 saturated carbocycles. The number of ether oxygens (including phenoxy) is 1. The van der Waals surface area contributed by atoms with Gasteiger partial charge in [0.2, 0.25) is 11.9 Å². The van der Waals surface area contributed by atoms with Gasteiger partial charge in [-0.15, -0.1) is 0 Å². The van der Waals surface area contributed by atoms with Crippen LogP contribution in [-0.2, 0) is 6.54 Å². The zero-order chi connectivity index (χ0) is 14.4. The van der Waals surface area contributed by atoms with E-state index in [1.165, 1.54) is 7.11 Å². The minimum absolute atomic E-state index is 0.258. The molecule has 8 nitrogen and oxygen atoms in total. The summed E-state index contributed by atoms with van der Waals surface area (Å²) in [6.07, 6.45) is 3.43. The van der Waals surface area contributed by atoms with E-state index in [4.69, 9.17) is 4.74 Å². The van der Waals surface area contributed by atoms with Gasteiger partial charge in [-0.1, -0.05) is 0 Å². The van der Waals surface area contributed by atoms with Gasteiger partial charge in [0.05, 0.1) is 31.2 Å². The van der Waals surface area contributed by atoms with Crippen LogP contribution < -0.4 is 15.4 Å². The van der Waals surface area contributed by atoms with Crippen LogP contribution in [0.5, 0.6) is 6.01 Å². The fourth-order valence-electron chi connectivity index (χ4n) is 1.44. The van der Waals surface area contributed by atoms with E-state index >= 15 is 0 Å². The van der Waals surface area contributed by atoms with Crippen LogP contribution >= 0.6 is 0 Å². The van der Waals surface area contributed by atoms with Crippen molar-refractivity contribution in [1.29, 1.82) is 0 Å². The number of aromatic nitrogens is 5. The highest BCUT2D eigenvalue weighted by Gasteiger charge is 2.06. The molecule has 0 aliphatic carbocycles. The quantitative estimate of drug-likeness (QED) is 0.806. The molecule has 2 N–H and O–H groups in total. The van der Waals surface area contributed by atoms with Crippen LogP contribution in [0.2, 0.25) is 0 Å². The van der Waals surface area contributed by atoms with Gasteiger partial charge in [-0.3, -0.25) is 9.97 Å². The predicted molar refractivity (Wildman–Crippen MR) is 74.6 cm³/mol. The smallest absolute Gasteiger partial charge is 0.322 e. The molecular formula is C12H17N7O. The Labute approximate surface area is 117 Å². The molecule has 0 spiro atoms. The molecule has 8 heteroatoms. The van der Waals surface area contributed by atoms with Crippen LogP contribution in [-0.4, -0.2) is 38.6 Å². The summed E-state index contributed by atoms with van der Waals surface area (Å²) < 4.78 is 5.04. The normalized spacial score (nSPS) is 10.2. The molecule has 0 fully saturated rings. The van der Waals surface area contributed by atoms with Gasteiger partial charge in [0.1, 0.15) is 0 Å². The van der Waals surface area contributed by atoms with E-state index in [1.54, 1.807) is 12.4 Å². The average Bonchev–Trinajstić information content (AvgIpc) is 2.47. The third-order valence-corrected chi connectivity index (χ3v) is 2.39. The van der Waals surface area contributed by atoms with Crippen molar-refractivity contribution in [2.24, 2.45) is 0 Å². The lowest BCUT2D eigenvalue weighted by atomic mass is 10.4. The summed E-state index contributed by atoms with van der Waals surface area (Å²) in [6, 6.07) is 0.258. The monoisotopic (exact) mass is 275 g/mol. The molecule has 2 aromatic heterocycles. The van der Waals surface area contributed by atoms with Crippen LogP contribution in [0.25, 0.3) is 0 Å². The Balaban J connectivity index is 2.07. The van der Waals surface area contributed by atoms with Gasteiger partial charge in [0.15, 0.2) is 0 Å². The maximum atomic E-state index is 5.04. The molecule has 0 amide bonds. The first-order valence-electron chi connectivity index (χ1n) is 6.26. The van der Waals surface area contributed by atoms with Crippen molar-refractivity contribution in [3.8, 4) is 6.01 Å². The van der Waals surface area contributed by atoms with E-state index in [9.17, 15) is 0 Å². The largest absolute Gasteiger partial charge is 0.467 e. The summed E-state index contributed by atoms with van der Waals surface area (Å²) in [5, 5.41) is 6.09. The number of hydrogen-bond acceptors (Lipinski definition) is 8. The van der Waals surface area contributed by atoms with E-state index in [0.717, 1.165) is 17.9 Å². The standard InChI is InChI=1S/C12H17N7O/c1-4-13-10-17-11(19-12(18-10)20-3)16-7-9-6-14-8(2)5-15-9/h5-6H,4,7H2,1-3H3,(H2,13,16,17,18,19). The molecule has 2 rings (SSSR count). The van der Waals surface area contributed by atoms with Gasteiger partial charge in [-0.25, -0.2) is 0 Å². The van der Waals surface area contributed by atoms with Crippen LogP contribution in [0, 0.1) is 6.92 Å². The van der Waals surface area contributed by atoms with Crippen LogP contribution in [0.1, 0.15) is 18.3 Å². The van der Waals surface area contributed by atoms with Gasteiger partial charge >= 0.3 is 6.01 Å². The maximum absolute atomic E-state index is 5.04. The van der Waals surface area contributed by atoms with Gasteiger partial charge in [0.25, 0.3) is 0 Å². The molecule has 0 unspecified atom stereocenters. The maximum Gasteiger partial charge on any atom is 0.322 e. The number of anilines is 2. The summed E-state index contributed by atoms with van der Waals surface area (Å²) in [7, 11) is 1.51. The third-order valence-electron chi connectivity index (χ3n) is 2.39. The highest BCUT2D eigenvalue weighted by molar-refractivity contribution is 5.36. The summed E-state index contributed by atoms with van der Waals surface area (Å²) in [4.78, 5) is 20.9. The highest BCUT2D eigenvalue weighted by Crippen LogP contribution is 2.11. The van der Waals surface area contributed by atoms with E-state index in [2.05, 4.69) is 35.6 Å². The number of aryl methyl sites for hydroxylation is 1. The molecule has 0 atom stereocenters. The second kappa shape index (κ2) is 6.60. The number of rotatable bonds is 6. The molecule has 0 aliphatic heterocycles. The van der Waals surface area contributed by atoms with Gasteiger partial charge in [0, 0.05) is 12.7 Å². The molecule has 0 radical (unpaired) electrons. The highest BCUT2D eigenvalue weighted by atomic mass is 16.5. The second-order valence-corrected chi connectivity index (χ2v) is 4.00. The molecule has 0 saturated heterocycles. The van der Waals surface area contributed by atoms with Crippen molar-refractivity contribution < 1.29 is 4.74 Å². The molecule has 2 aromatic rings. The van der Waals surface area contributed by atoms with Crippen molar-refractivity contribution in [2.45, 2.75) is 20.4 Å². The Kier molecular flexibility index (Phi) is 4.59. The molecule has 106 valence electrons. The first-order chi connectivity index (χ1) is 9.71. The average molecular weight is 275 g/mol. The van der Waals surface area contributed by atoms with Gasteiger partial charge < -0.3 is 15.4 Å². The number of hydrogen-bond donors (Lipinski definition) is 2. The lowest BCUT2D eigenvalue weighted by molar-refractivity contribution is 0.379. The zero-order valence-electron chi connectivity index (χ0n) is 11.7. The topological polar surface area (TPSA) is 97.7 Å². The van der Waals surface area contributed by atoms with E-state index < -0.39 is 0 Å². The van der Waals surface area contributed by atoms with E-state index in [-0.39, 0.29) is 6.01 Å². The molecule has 0 aromatic carbocycles. The third kappa shape index (κ3) is 3.74. The Bertz CT molecular complexity index is 558. The first kappa shape index (κ1) is 13.9. The van der Waals surface area contributed by atoms with Crippen molar-refractivity contribution in [3.63, 3.8) is 0 Å². The minimum Gasteiger partial charge on any atom is -0.467 e. The molecule has 0 aliphatic rings. The Hall–Kier alpha value is -2.51.